The van der Waals surface area contributed by atoms with E-state index in [1.165, 1.54) is 12.1 Å². The molecule has 3 atom stereocenters. The second-order valence-electron chi connectivity index (χ2n) is 9.66. The second kappa shape index (κ2) is 8.90. The van der Waals surface area contributed by atoms with Gasteiger partial charge in [-0.25, -0.2) is 4.98 Å². The molecule has 3 aliphatic rings. The van der Waals surface area contributed by atoms with Gasteiger partial charge in [0.2, 0.25) is 5.91 Å². The van der Waals surface area contributed by atoms with Crippen molar-refractivity contribution in [3.8, 4) is 17.2 Å². The van der Waals surface area contributed by atoms with Crippen molar-refractivity contribution in [1.29, 1.82) is 0 Å². The van der Waals surface area contributed by atoms with Gasteiger partial charge in [0, 0.05) is 48.4 Å². The molecule has 1 aromatic heterocycles. The highest BCUT2D eigenvalue weighted by Crippen LogP contribution is 2.60. The van der Waals surface area contributed by atoms with Crippen LogP contribution in [-0.4, -0.2) is 22.8 Å². The van der Waals surface area contributed by atoms with Gasteiger partial charge in [0.25, 0.3) is 0 Å². The molecule has 2 aliphatic heterocycles. The maximum atomic E-state index is 13.2. The highest BCUT2D eigenvalue weighted by atomic mass is 19.4. The molecule has 0 radical (unpaired) electrons. The number of rotatable bonds is 7. The summed E-state index contributed by atoms with van der Waals surface area (Å²) in [5.74, 6) is 2.45. The number of amides is 1. The van der Waals surface area contributed by atoms with Gasteiger partial charge in [-0.1, -0.05) is 18.2 Å². The first kappa shape index (κ1) is 23.5. The Morgan fingerprint density at radius 1 is 1.14 bits per heavy atom. The topological polar surface area (TPSA) is 77.5 Å². The minimum atomic E-state index is -4.44. The van der Waals surface area contributed by atoms with Gasteiger partial charge < -0.3 is 14.8 Å². The number of halogens is 3. The van der Waals surface area contributed by atoms with Crippen LogP contribution in [-0.2, 0) is 28.6 Å². The van der Waals surface area contributed by atoms with Crippen LogP contribution in [0.2, 0.25) is 0 Å². The number of aryl methyl sites for hydroxylation is 1. The van der Waals surface area contributed by atoms with Crippen LogP contribution in [0, 0.1) is 5.92 Å². The van der Waals surface area contributed by atoms with Crippen molar-refractivity contribution in [1.82, 2.24) is 4.98 Å². The fourth-order valence-electron chi connectivity index (χ4n) is 5.39. The van der Waals surface area contributed by atoms with Crippen LogP contribution in [0.4, 0.5) is 19.0 Å². The standard InChI is InChI=1S/C28H23F3N2O4/c29-28(30,31)21-4-2-1-3-15(21)5-6-16(34)13-20-25-19-14-17(7-9-22(19)37-26(20)25)36-23-11-12-32-27-18(23)8-10-24(35)33-27/h1-4,7,9,11-12,14,20,25-26H,5-6,8,10,13H2,(H,32,33,35)/t20-,25-,26+/m0/s1. The van der Waals surface area contributed by atoms with Crippen LogP contribution < -0.4 is 14.8 Å². The summed E-state index contributed by atoms with van der Waals surface area (Å²) in [7, 11) is 0. The lowest BCUT2D eigenvalue weighted by atomic mass is 9.98. The molecular weight excluding hydrogens is 485 g/mol. The Hall–Kier alpha value is -3.88. The second-order valence-corrected chi connectivity index (χ2v) is 9.66. The van der Waals surface area contributed by atoms with Crippen LogP contribution in [0.25, 0.3) is 0 Å². The number of ketones is 1. The van der Waals surface area contributed by atoms with Crippen molar-refractivity contribution in [3.63, 3.8) is 0 Å². The molecule has 1 N–H and O–H groups in total. The molecule has 0 saturated heterocycles. The van der Waals surface area contributed by atoms with E-state index in [1.807, 2.05) is 18.2 Å². The van der Waals surface area contributed by atoms with Crippen molar-refractivity contribution in [3.05, 3.63) is 77.0 Å². The molecule has 6 rings (SSSR count). The summed E-state index contributed by atoms with van der Waals surface area (Å²) in [6.45, 7) is 0. The molecule has 1 aliphatic carbocycles. The molecule has 1 fully saturated rings. The van der Waals surface area contributed by atoms with E-state index < -0.39 is 11.7 Å². The van der Waals surface area contributed by atoms with Gasteiger partial charge in [-0.3, -0.25) is 9.59 Å². The molecule has 3 aromatic rings. The molecule has 0 unspecified atom stereocenters. The van der Waals surface area contributed by atoms with Gasteiger partial charge in [-0.2, -0.15) is 13.2 Å². The molecule has 2 aromatic carbocycles. The van der Waals surface area contributed by atoms with E-state index in [9.17, 15) is 22.8 Å². The number of aromatic nitrogens is 1. The lowest BCUT2D eigenvalue weighted by Gasteiger charge is -2.19. The number of pyridine rings is 1. The molecule has 1 saturated carbocycles. The van der Waals surface area contributed by atoms with Crippen molar-refractivity contribution >= 4 is 17.5 Å². The Bertz CT molecular complexity index is 1400. The van der Waals surface area contributed by atoms with Gasteiger partial charge in [0.1, 0.15) is 35.0 Å². The third kappa shape index (κ3) is 4.54. The maximum absolute atomic E-state index is 13.2. The van der Waals surface area contributed by atoms with Crippen molar-refractivity contribution in [2.75, 3.05) is 5.32 Å². The predicted octanol–water partition coefficient (Wildman–Crippen LogP) is 5.84. The zero-order chi connectivity index (χ0) is 25.7. The largest absolute Gasteiger partial charge is 0.489 e. The Kier molecular flexibility index (Phi) is 5.66. The predicted molar refractivity (Wildman–Crippen MR) is 128 cm³/mol. The molecule has 3 heterocycles. The number of anilines is 1. The molecule has 37 heavy (non-hydrogen) atoms. The number of alkyl halides is 3. The Morgan fingerprint density at radius 2 is 1.97 bits per heavy atom. The fourth-order valence-corrected chi connectivity index (χ4v) is 5.39. The third-order valence-electron chi connectivity index (χ3n) is 7.26. The Balaban J connectivity index is 1.10. The SMILES string of the molecule is O=C(CCc1ccccc1C(F)(F)F)C[C@@H]1[C@H]2Oc3ccc(Oc4ccnc5c4CCC(=O)N5)cc3[C@@H]12. The van der Waals surface area contributed by atoms with Gasteiger partial charge >= 0.3 is 6.18 Å². The Labute approximate surface area is 210 Å². The number of Topliss-reactive ketones (excluding diaryl/α,β-unsaturated/α-hetero) is 1. The van der Waals surface area contributed by atoms with E-state index in [2.05, 4.69) is 10.3 Å². The third-order valence-corrected chi connectivity index (χ3v) is 7.26. The summed E-state index contributed by atoms with van der Waals surface area (Å²) in [6, 6.07) is 12.7. The maximum Gasteiger partial charge on any atom is 0.416 e. The van der Waals surface area contributed by atoms with Crippen molar-refractivity contribution in [2.24, 2.45) is 5.92 Å². The van der Waals surface area contributed by atoms with E-state index >= 15 is 0 Å². The lowest BCUT2D eigenvalue weighted by molar-refractivity contribution is -0.138. The van der Waals surface area contributed by atoms with Crippen LogP contribution in [0.15, 0.2) is 54.7 Å². The number of nitrogens with zero attached hydrogens (tertiary/aromatic N) is 1. The first-order chi connectivity index (χ1) is 17.8. The average Bonchev–Trinajstić information content (AvgIpc) is 3.38. The highest BCUT2D eigenvalue weighted by Gasteiger charge is 2.59. The quantitative estimate of drug-likeness (QED) is 0.434. The first-order valence-electron chi connectivity index (χ1n) is 12.2. The number of fused-ring (bicyclic) bond motifs is 4. The summed E-state index contributed by atoms with van der Waals surface area (Å²) in [6.07, 6.45) is -1.65. The van der Waals surface area contributed by atoms with E-state index in [-0.39, 0.29) is 54.5 Å². The van der Waals surface area contributed by atoms with Gasteiger partial charge in [-0.05, 0) is 48.7 Å². The summed E-state index contributed by atoms with van der Waals surface area (Å²) < 4.78 is 51.8. The van der Waals surface area contributed by atoms with Crippen LogP contribution in [0.3, 0.4) is 0 Å². The summed E-state index contributed by atoms with van der Waals surface area (Å²) >= 11 is 0. The minimum absolute atomic E-state index is 0.0111. The fraction of sp³-hybridized carbons (Fsp3) is 0.321. The molecule has 0 bridgehead atoms. The number of nitrogens with one attached hydrogen (secondary N) is 1. The van der Waals surface area contributed by atoms with Crippen LogP contribution in [0.5, 0.6) is 17.2 Å². The van der Waals surface area contributed by atoms with Crippen LogP contribution in [0.1, 0.15) is 47.4 Å². The van der Waals surface area contributed by atoms with E-state index in [1.54, 1.807) is 18.3 Å². The number of hydrogen-bond acceptors (Lipinski definition) is 5. The van der Waals surface area contributed by atoms with Gasteiger partial charge in [-0.15, -0.1) is 0 Å². The van der Waals surface area contributed by atoms with E-state index in [0.717, 1.165) is 22.9 Å². The van der Waals surface area contributed by atoms with Crippen molar-refractivity contribution in [2.45, 2.75) is 50.3 Å². The molecule has 9 heteroatoms. The van der Waals surface area contributed by atoms with Gasteiger partial charge in [0.05, 0.1) is 5.56 Å². The van der Waals surface area contributed by atoms with Crippen molar-refractivity contribution < 1.29 is 32.2 Å². The first-order valence-corrected chi connectivity index (χ1v) is 12.2. The number of ether oxygens (including phenoxy) is 2. The Morgan fingerprint density at radius 3 is 2.81 bits per heavy atom. The van der Waals surface area contributed by atoms with Gasteiger partial charge in [0.15, 0.2) is 0 Å². The molecular formula is C28H23F3N2O4. The van der Waals surface area contributed by atoms with Crippen LogP contribution >= 0.6 is 0 Å². The highest BCUT2D eigenvalue weighted by molar-refractivity contribution is 5.93. The number of carbonyl (C=O) groups excluding carboxylic acids is 2. The van der Waals surface area contributed by atoms with E-state index in [4.69, 9.17) is 9.47 Å². The monoisotopic (exact) mass is 508 g/mol. The molecule has 1 amide bonds. The summed E-state index contributed by atoms with van der Waals surface area (Å²) in [5, 5.41) is 2.76. The molecule has 190 valence electrons. The smallest absolute Gasteiger partial charge is 0.416 e. The normalized spacial score (nSPS) is 21.3. The minimum Gasteiger partial charge on any atom is -0.489 e. The zero-order valence-corrected chi connectivity index (χ0v) is 19.7. The number of carbonyl (C=O) groups is 2. The molecule has 0 spiro atoms. The average molecular weight is 508 g/mol. The summed E-state index contributed by atoms with van der Waals surface area (Å²) in [4.78, 5) is 28.5. The molecule has 6 nitrogen and oxygen atoms in total. The lowest BCUT2D eigenvalue weighted by Crippen LogP contribution is -2.20. The zero-order valence-electron chi connectivity index (χ0n) is 19.7. The number of hydrogen-bond donors (Lipinski definition) is 1. The number of benzene rings is 2. The summed E-state index contributed by atoms with van der Waals surface area (Å²) in [5.41, 5.74) is 1.27. The van der Waals surface area contributed by atoms with E-state index in [0.29, 0.717) is 30.2 Å².